The number of hydrogen-bond donors (Lipinski definition) is 2. The molecule has 2 rings (SSSR count). The highest BCUT2D eigenvalue weighted by atomic mass is 16.5. The van der Waals surface area contributed by atoms with Gasteiger partial charge in [0.15, 0.2) is 0 Å². The fourth-order valence-corrected chi connectivity index (χ4v) is 1.64. The van der Waals surface area contributed by atoms with Crippen LogP contribution in [0.5, 0.6) is 0 Å². The van der Waals surface area contributed by atoms with Crippen LogP contribution >= 0.6 is 0 Å². The first-order valence-electron chi connectivity index (χ1n) is 5.60. The topological polar surface area (TPSA) is 49.9 Å². The first kappa shape index (κ1) is 11.7. The van der Waals surface area contributed by atoms with Crippen LogP contribution in [0.1, 0.15) is 17.1 Å². The molecule has 4 heteroatoms. The highest BCUT2D eigenvalue weighted by Crippen LogP contribution is 2.11. The number of benzene rings is 1. The molecule has 2 aromatic rings. The van der Waals surface area contributed by atoms with Gasteiger partial charge in [-0.05, 0) is 24.6 Å². The van der Waals surface area contributed by atoms with E-state index in [0.717, 1.165) is 23.8 Å². The lowest BCUT2D eigenvalue weighted by atomic mass is 10.2. The number of hydrogen-bond acceptors (Lipinski definition) is 3. The van der Waals surface area contributed by atoms with Crippen LogP contribution in [0.3, 0.4) is 0 Å². The van der Waals surface area contributed by atoms with Crippen LogP contribution in [0.25, 0.3) is 0 Å². The smallest absolute Gasteiger partial charge is 0.103 e. The van der Waals surface area contributed by atoms with Gasteiger partial charge in [0.1, 0.15) is 5.82 Å². The Hall–Kier alpha value is -1.81. The summed E-state index contributed by atoms with van der Waals surface area (Å²) in [6.45, 7) is 3.35. The van der Waals surface area contributed by atoms with Crippen molar-refractivity contribution in [2.24, 2.45) is 0 Å². The third-order valence-electron chi connectivity index (χ3n) is 2.50. The molecule has 0 fully saturated rings. The third kappa shape index (κ3) is 3.32. The Balaban J connectivity index is 1.90. The number of H-pyrrole nitrogens is 1. The molecule has 0 unspecified atom stereocenters. The van der Waals surface area contributed by atoms with Gasteiger partial charge in [0.25, 0.3) is 0 Å². The number of aromatic amines is 1. The Morgan fingerprint density at radius 3 is 2.65 bits per heavy atom. The predicted molar refractivity (Wildman–Crippen MR) is 67.8 cm³/mol. The Kier molecular flexibility index (Phi) is 3.77. The molecule has 0 aliphatic rings. The summed E-state index contributed by atoms with van der Waals surface area (Å²) in [5.74, 6) is 0.942. The fourth-order valence-electron chi connectivity index (χ4n) is 1.64. The fraction of sp³-hybridized carbons (Fsp3) is 0.308. The van der Waals surface area contributed by atoms with Gasteiger partial charge < -0.3 is 15.0 Å². The number of nitrogens with zero attached hydrogens (tertiary/aromatic N) is 1. The van der Waals surface area contributed by atoms with Crippen LogP contribution in [0.2, 0.25) is 0 Å². The second kappa shape index (κ2) is 5.50. The SMILES string of the molecule is COCc1ccc(NCc2cnc(C)[nH]2)cc1. The number of anilines is 1. The van der Waals surface area contributed by atoms with E-state index in [2.05, 4.69) is 39.6 Å². The number of imidazole rings is 1. The molecule has 4 nitrogen and oxygen atoms in total. The van der Waals surface area contributed by atoms with Gasteiger partial charge in [-0.15, -0.1) is 0 Å². The average molecular weight is 231 g/mol. The molecule has 0 spiro atoms. The molecule has 0 amide bonds. The first-order chi connectivity index (χ1) is 8.28. The predicted octanol–water partition coefficient (Wildman–Crippen LogP) is 2.48. The highest BCUT2D eigenvalue weighted by molar-refractivity contribution is 5.44. The molecule has 17 heavy (non-hydrogen) atoms. The second-order valence-electron chi connectivity index (χ2n) is 3.98. The molecule has 1 aromatic heterocycles. The first-order valence-corrected chi connectivity index (χ1v) is 5.60. The van der Waals surface area contributed by atoms with Crippen LogP contribution in [0.4, 0.5) is 5.69 Å². The van der Waals surface area contributed by atoms with E-state index in [1.807, 2.05) is 13.1 Å². The summed E-state index contributed by atoms with van der Waals surface area (Å²) < 4.78 is 5.07. The molecule has 0 aliphatic carbocycles. The van der Waals surface area contributed by atoms with Gasteiger partial charge in [0.05, 0.1) is 25.0 Å². The van der Waals surface area contributed by atoms with Crippen LogP contribution in [-0.4, -0.2) is 17.1 Å². The number of methoxy groups -OCH3 is 1. The maximum Gasteiger partial charge on any atom is 0.103 e. The molecule has 90 valence electrons. The summed E-state index contributed by atoms with van der Waals surface area (Å²) in [7, 11) is 1.70. The standard InChI is InChI=1S/C13H17N3O/c1-10-14-7-13(16-10)8-15-12-5-3-11(4-6-12)9-17-2/h3-7,15H,8-9H2,1-2H3,(H,14,16). The molecule has 0 atom stereocenters. The van der Waals surface area contributed by atoms with Crippen molar-refractivity contribution in [3.05, 3.63) is 47.5 Å². The number of aromatic nitrogens is 2. The average Bonchev–Trinajstić information content (AvgIpc) is 2.75. The minimum absolute atomic E-state index is 0.653. The highest BCUT2D eigenvalue weighted by Gasteiger charge is 1.97. The number of ether oxygens (including phenoxy) is 1. The van der Waals surface area contributed by atoms with Crippen molar-refractivity contribution in [2.75, 3.05) is 12.4 Å². The van der Waals surface area contributed by atoms with Crippen molar-refractivity contribution >= 4 is 5.69 Å². The molecule has 1 heterocycles. The monoisotopic (exact) mass is 231 g/mol. The zero-order chi connectivity index (χ0) is 12.1. The van der Waals surface area contributed by atoms with Crippen LogP contribution in [-0.2, 0) is 17.9 Å². The summed E-state index contributed by atoms with van der Waals surface area (Å²) in [6, 6.07) is 8.23. The van der Waals surface area contributed by atoms with Crippen LogP contribution < -0.4 is 5.32 Å². The Bertz CT molecular complexity index is 462. The van der Waals surface area contributed by atoms with Crippen molar-refractivity contribution in [1.29, 1.82) is 0 Å². The van der Waals surface area contributed by atoms with E-state index in [-0.39, 0.29) is 0 Å². The summed E-state index contributed by atoms with van der Waals surface area (Å²) in [5.41, 5.74) is 3.36. The van der Waals surface area contributed by atoms with E-state index in [4.69, 9.17) is 4.74 Å². The molecule has 0 saturated heterocycles. The Morgan fingerprint density at radius 2 is 2.06 bits per heavy atom. The number of rotatable bonds is 5. The zero-order valence-corrected chi connectivity index (χ0v) is 10.2. The lowest BCUT2D eigenvalue weighted by Crippen LogP contribution is -1.99. The van der Waals surface area contributed by atoms with E-state index in [0.29, 0.717) is 6.61 Å². The van der Waals surface area contributed by atoms with E-state index < -0.39 is 0 Å². The summed E-state index contributed by atoms with van der Waals surface area (Å²) in [6.07, 6.45) is 1.85. The summed E-state index contributed by atoms with van der Waals surface area (Å²) in [5, 5.41) is 3.33. The number of nitrogens with one attached hydrogen (secondary N) is 2. The maximum absolute atomic E-state index is 5.07. The van der Waals surface area contributed by atoms with Crippen molar-refractivity contribution < 1.29 is 4.74 Å². The summed E-state index contributed by atoms with van der Waals surface area (Å²) >= 11 is 0. The van der Waals surface area contributed by atoms with Crippen LogP contribution in [0.15, 0.2) is 30.5 Å². The van der Waals surface area contributed by atoms with E-state index >= 15 is 0 Å². The van der Waals surface area contributed by atoms with Crippen molar-refractivity contribution in [1.82, 2.24) is 9.97 Å². The van der Waals surface area contributed by atoms with Crippen LogP contribution in [0, 0.1) is 6.92 Å². The Labute approximate surface area is 101 Å². The third-order valence-corrected chi connectivity index (χ3v) is 2.50. The molecule has 1 aromatic carbocycles. The quantitative estimate of drug-likeness (QED) is 0.831. The lowest BCUT2D eigenvalue weighted by Gasteiger charge is -2.06. The minimum Gasteiger partial charge on any atom is -0.380 e. The Morgan fingerprint density at radius 1 is 1.29 bits per heavy atom. The maximum atomic E-state index is 5.07. The molecule has 2 N–H and O–H groups in total. The normalized spacial score (nSPS) is 10.5. The van der Waals surface area contributed by atoms with Gasteiger partial charge in [-0.25, -0.2) is 4.98 Å². The minimum atomic E-state index is 0.653. The van der Waals surface area contributed by atoms with Gasteiger partial charge in [-0.2, -0.15) is 0 Å². The van der Waals surface area contributed by atoms with Gasteiger partial charge in [-0.1, -0.05) is 12.1 Å². The lowest BCUT2D eigenvalue weighted by molar-refractivity contribution is 0.185. The zero-order valence-electron chi connectivity index (χ0n) is 10.2. The second-order valence-corrected chi connectivity index (χ2v) is 3.98. The number of aryl methyl sites for hydroxylation is 1. The van der Waals surface area contributed by atoms with E-state index in [9.17, 15) is 0 Å². The van der Waals surface area contributed by atoms with Gasteiger partial charge >= 0.3 is 0 Å². The van der Waals surface area contributed by atoms with E-state index in [1.165, 1.54) is 5.56 Å². The largest absolute Gasteiger partial charge is 0.380 e. The van der Waals surface area contributed by atoms with Crippen molar-refractivity contribution in [2.45, 2.75) is 20.1 Å². The molecule has 0 aliphatic heterocycles. The molecular formula is C13H17N3O. The molecular weight excluding hydrogens is 214 g/mol. The van der Waals surface area contributed by atoms with Gasteiger partial charge in [0.2, 0.25) is 0 Å². The molecule has 0 saturated carbocycles. The molecule has 0 radical (unpaired) electrons. The van der Waals surface area contributed by atoms with Crippen molar-refractivity contribution in [3.8, 4) is 0 Å². The van der Waals surface area contributed by atoms with Gasteiger partial charge in [0, 0.05) is 12.8 Å². The van der Waals surface area contributed by atoms with Gasteiger partial charge in [-0.3, -0.25) is 0 Å². The van der Waals surface area contributed by atoms with E-state index in [1.54, 1.807) is 7.11 Å². The summed E-state index contributed by atoms with van der Waals surface area (Å²) in [4.78, 5) is 7.34. The van der Waals surface area contributed by atoms with Crippen molar-refractivity contribution in [3.63, 3.8) is 0 Å². The molecule has 0 bridgehead atoms.